The van der Waals surface area contributed by atoms with Crippen LogP contribution in [0, 0.1) is 24.7 Å². The van der Waals surface area contributed by atoms with Crippen molar-refractivity contribution in [1.82, 2.24) is 4.98 Å². The van der Waals surface area contributed by atoms with Crippen molar-refractivity contribution < 1.29 is 0 Å². The summed E-state index contributed by atoms with van der Waals surface area (Å²) in [6.45, 7) is 18.2. The van der Waals surface area contributed by atoms with Crippen LogP contribution in [0.4, 0.5) is 0 Å². The quantitative estimate of drug-likeness (QED) is 0.458. The van der Waals surface area contributed by atoms with E-state index in [1.54, 1.807) is 0 Å². The van der Waals surface area contributed by atoms with E-state index in [9.17, 15) is 0 Å². The Kier molecular flexibility index (Phi) is 5.40. The molecule has 148 valence electrons. The van der Waals surface area contributed by atoms with E-state index in [2.05, 4.69) is 97.9 Å². The number of fused-ring (bicyclic) bond motifs is 1. The van der Waals surface area contributed by atoms with Crippen LogP contribution in [0.5, 0.6) is 0 Å². The second kappa shape index (κ2) is 7.35. The van der Waals surface area contributed by atoms with Crippen LogP contribution >= 0.6 is 0 Å². The molecular formula is C27H35N. The molecule has 0 N–H and O–H groups in total. The van der Waals surface area contributed by atoms with Crippen LogP contribution in [0.15, 0.2) is 42.5 Å². The van der Waals surface area contributed by atoms with Gasteiger partial charge in [-0.05, 0) is 72.9 Å². The molecule has 1 nitrogen and oxygen atoms in total. The molecule has 3 rings (SSSR count). The van der Waals surface area contributed by atoms with Crippen LogP contribution in [0.3, 0.4) is 0 Å². The summed E-state index contributed by atoms with van der Waals surface area (Å²) in [5.74, 6) is 0. The lowest BCUT2D eigenvalue weighted by Gasteiger charge is -2.23. The van der Waals surface area contributed by atoms with Crippen LogP contribution in [0.2, 0.25) is 0 Å². The van der Waals surface area contributed by atoms with Crippen LogP contribution < -0.4 is 0 Å². The van der Waals surface area contributed by atoms with Gasteiger partial charge in [0, 0.05) is 10.9 Å². The van der Waals surface area contributed by atoms with Crippen LogP contribution in [-0.2, 0) is 12.8 Å². The minimum atomic E-state index is 0.250. The van der Waals surface area contributed by atoms with Gasteiger partial charge in [-0.15, -0.1) is 0 Å². The average Bonchev–Trinajstić information content (AvgIpc) is 2.50. The predicted molar refractivity (Wildman–Crippen MR) is 123 cm³/mol. The number of nitrogens with zero attached hydrogens (tertiary/aromatic N) is 1. The zero-order valence-electron chi connectivity index (χ0n) is 18.9. The molecule has 3 aromatic rings. The molecule has 0 unspecified atom stereocenters. The third-order valence-electron chi connectivity index (χ3n) is 4.93. The van der Waals surface area contributed by atoms with Crippen molar-refractivity contribution in [2.24, 2.45) is 10.8 Å². The molecule has 1 heteroatoms. The third kappa shape index (κ3) is 5.22. The SMILES string of the molecule is Cc1cc(C)cc(-c2ccc3c(CC(C)(C)C)cc(CC(C)(C)C)cc3n2)c1. The molecule has 0 aliphatic carbocycles. The maximum absolute atomic E-state index is 5.11. The molecule has 0 saturated carbocycles. The van der Waals surface area contributed by atoms with Crippen molar-refractivity contribution in [3.8, 4) is 11.3 Å². The van der Waals surface area contributed by atoms with Gasteiger partial charge >= 0.3 is 0 Å². The Hall–Kier alpha value is -2.15. The first-order chi connectivity index (χ1) is 12.9. The van der Waals surface area contributed by atoms with Gasteiger partial charge < -0.3 is 0 Å². The van der Waals surface area contributed by atoms with E-state index < -0.39 is 0 Å². The van der Waals surface area contributed by atoms with E-state index in [1.807, 2.05) is 0 Å². The number of aryl methyl sites for hydroxylation is 2. The highest BCUT2D eigenvalue weighted by atomic mass is 14.7. The molecule has 0 amide bonds. The Morgan fingerprint density at radius 2 is 1.32 bits per heavy atom. The fourth-order valence-corrected chi connectivity index (χ4v) is 4.09. The number of pyridine rings is 1. The second-order valence-electron chi connectivity index (χ2n) is 10.9. The molecule has 0 radical (unpaired) electrons. The predicted octanol–water partition coefficient (Wildman–Crippen LogP) is 7.70. The molecule has 0 atom stereocenters. The number of hydrogen-bond donors (Lipinski definition) is 0. The van der Waals surface area contributed by atoms with Gasteiger partial charge in [0.1, 0.15) is 0 Å². The molecule has 0 fully saturated rings. The number of aromatic nitrogens is 1. The van der Waals surface area contributed by atoms with Crippen LogP contribution in [0.25, 0.3) is 22.2 Å². The lowest BCUT2D eigenvalue weighted by molar-refractivity contribution is 0.406. The van der Waals surface area contributed by atoms with Crippen molar-refractivity contribution in [2.45, 2.75) is 68.2 Å². The van der Waals surface area contributed by atoms with E-state index in [-0.39, 0.29) is 10.8 Å². The van der Waals surface area contributed by atoms with Crippen molar-refractivity contribution in [2.75, 3.05) is 0 Å². The lowest BCUT2D eigenvalue weighted by atomic mass is 9.83. The van der Waals surface area contributed by atoms with E-state index in [4.69, 9.17) is 4.98 Å². The minimum Gasteiger partial charge on any atom is -0.248 e. The Labute approximate surface area is 171 Å². The van der Waals surface area contributed by atoms with Crippen molar-refractivity contribution in [3.63, 3.8) is 0 Å². The largest absolute Gasteiger partial charge is 0.248 e. The van der Waals surface area contributed by atoms with Gasteiger partial charge in [-0.2, -0.15) is 0 Å². The second-order valence-corrected chi connectivity index (χ2v) is 10.9. The fourth-order valence-electron chi connectivity index (χ4n) is 4.09. The van der Waals surface area contributed by atoms with E-state index in [1.165, 1.54) is 33.2 Å². The average molecular weight is 374 g/mol. The zero-order valence-corrected chi connectivity index (χ0v) is 18.9. The van der Waals surface area contributed by atoms with Gasteiger partial charge in [0.05, 0.1) is 11.2 Å². The summed E-state index contributed by atoms with van der Waals surface area (Å²) in [7, 11) is 0. The van der Waals surface area contributed by atoms with Gasteiger partial charge in [-0.3, -0.25) is 0 Å². The number of rotatable bonds is 3. The standard InChI is InChI=1S/C27H35N/c1-18-11-19(2)13-21(12-18)24-10-9-23-22(17-27(6,7)8)14-20(15-25(23)28-24)16-26(3,4)5/h9-15H,16-17H2,1-8H3. The molecular weight excluding hydrogens is 338 g/mol. The monoisotopic (exact) mass is 373 g/mol. The molecule has 1 aromatic heterocycles. The Morgan fingerprint density at radius 3 is 1.89 bits per heavy atom. The highest BCUT2D eigenvalue weighted by Gasteiger charge is 2.18. The summed E-state index contributed by atoms with van der Waals surface area (Å²) < 4.78 is 0. The van der Waals surface area contributed by atoms with E-state index >= 15 is 0 Å². The zero-order chi connectivity index (χ0) is 20.7. The van der Waals surface area contributed by atoms with E-state index in [0.29, 0.717) is 0 Å². The molecule has 0 aliphatic heterocycles. The van der Waals surface area contributed by atoms with Crippen molar-refractivity contribution in [1.29, 1.82) is 0 Å². The first-order valence-corrected chi connectivity index (χ1v) is 10.4. The first-order valence-electron chi connectivity index (χ1n) is 10.4. The minimum absolute atomic E-state index is 0.250. The first kappa shape index (κ1) is 20.6. The summed E-state index contributed by atoms with van der Waals surface area (Å²) in [5, 5.41) is 1.29. The summed E-state index contributed by atoms with van der Waals surface area (Å²) in [4.78, 5) is 5.11. The topological polar surface area (TPSA) is 12.9 Å². The molecule has 28 heavy (non-hydrogen) atoms. The van der Waals surface area contributed by atoms with Crippen molar-refractivity contribution >= 4 is 10.9 Å². The van der Waals surface area contributed by atoms with Crippen LogP contribution in [-0.4, -0.2) is 4.98 Å². The molecule has 0 saturated heterocycles. The van der Waals surface area contributed by atoms with Gasteiger partial charge in [0.2, 0.25) is 0 Å². The normalized spacial score (nSPS) is 12.6. The lowest BCUT2D eigenvalue weighted by Crippen LogP contribution is -2.12. The maximum Gasteiger partial charge on any atom is 0.0715 e. The Bertz CT molecular complexity index is 977. The summed E-state index contributed by atoms with van der Waals surface area (Å²) in [6.07, 6.45) is 2.13. The number of benzene rings is 2. The molecule has 0 spiro atoms. The van der Waals surface area contributed by atoms with E-state index in [0.717, 1.165) is 24.1 Å². The number of hydrogen-bond acceptors (Lipinski definition) is 1. The maximum atomic E-state index is 5.11. The molecule has 0 aliphatic rings. The van der Waals surface area contributed by atoms with Crippen molar-refractivity contribution in [3.05, 3.63) is 64.7 Å². The van der Waals surface area contributed by atoms with Gasteiger partial charge in [0.15, 0.2) is 0 Å². The highest BCUT2D eigenvalue weighted by molar-refractivity contribution is 5.85. The summed E-state index contributed by atoms with van der Waals surface area (Å²) in [5.41, 5.74) is 9.29. The Morgan fingerprint density at radius 1 is 0.714 bits per heavy atom. The highest BCUT2D eigenvalue weighted by Crippen LogP contribution is 2.32. The smallest absolute Gasteiger partial charge is 0.0715 e. The molecule has 2 aromatic carbocycles. The molecule has 1 heterocycles. The van der Waals surface area contributed by atoms with Gasteiger partial charge in [-0.25, -0.2) is 4.98 Å². The summed E-state index contributed by atoms with van der Waals surface area (Å²) >= 11 is 0. The van der Waals surface area contributed by atoms with Gasteiger partial charge in [0.25, 0.3) is 0 Å². The fraction of sp³-hybridized carbons (Fsp3) is 0.444. The third-order valence-corrected chi connectivity index (χ3v) is 4.93. The van der Waals surface area contributed by atoms with Crippen LogP contribution in [0.1, 0.15) is 63.8 Å². The molecule has 0 bridgehead atoms. The Balaban J connectivity index is 2.17. The van der Waals surface area contributed by atoms with Gasteiger partial charge in [-0.1, -0.05) is 70.9 Å². The summed E-state index contributed by atoms with van der Waals surface area (Å²) in [6, 6.07) is 15.9.